The van der Waals surface area contributed by atoms with E-state index in [4.69, 9.17) is 5.90 Å². The molecule has 0 radical (unpaired) electrons. The molecule has 104 valence electrons. The van der Waals surface area contributed by atoms with Gasteiger partial charge in [0.15, 0.2) is 0 Å². The van der Waals surface area contributed by atoms with Gasteiger partial charge < -0.3 is 4.57 Å². The van der Waals surface area contributed by atoms with Crippen LogP contribution in [-0.2, 0) is 17.6 Å². The minimum Gasteiger partial charge on any atom is -0.345 e. The molecule has 3 nitrogen and oxygen atoms in total. The molecule has 0 atom stereocenters. The molecule has 0 aliphatic heterocycles. The van der Waals surface area contributed by atoms with E-state index >= 15 is 0 Å². The molecule has 0 aliphatic carbocycles. The van der Waals surface area contributed by atoms with Gasteiger partial charge in [0, 0.05) is 28.7 Å². The molecular formula is C13H15F3N2O. The highest BCUT2D eigenvalue weighted by Gasteiger charge is 2.31. The van der Waals surface area contributed by atoms with Crippen molar-refractivity contribution in [1.29, 1.82) is 0 Å². The summed E-state index contributed by atoms with van der Waals surface area (Å²) in [6.07, 6.45) is -2.56. The maximum atomic E-state index is 12.7. The molecule has 0 bridgehead atoms. The van der Waals surface area contributed by atoms with Crippen LogP contribution < -0.4 is 5.90 Å². The average molecular weight is 272 g/mol. The van der Waals surface area contributed by atoms with Crippen molar-refractivity contribution in [2.75, 3.05) is 0 Å². The zero-order valence-electron chi connectivity index (χ0n) is 10.7. The van der Waals surface area contributed by atoms with Crippen LogP contribution in [0.5, 0.6) is 0 Å². The first-order valence-electron chi connectivity index (χ1n) is 5.87. The first kappa shape index (κ1) is 13.9. The number of aromatic nitrogens is 1. The Bertz CT molecular complexity index is 587. The molecule has 2 rings (SSSR count). The van der Waals surface area contributed by atoms with Crippen LogP contribution in [0.25, 0.3) is 10.9 Å². The summed E-state index contributed by atoms with van der Waals surface area (Å²) in [5.74, 6) is 5.05. The van der Waals surface area contributed by atoms with Gasteiger partial charge in [-0.3, -0.25) is 4.84 Å². The monoisotopic (exact) mass is 272 g/mol. The van der Waals surface area contributed by atoms with Gasteiger partial charge in [-0.1, -0.05) is 6.07 Å². The fourth-order valence-electron chi connectivity index (χ4n) is 2.13. The fraction of sp³-hybridized carbons (Fsp3) is 0.385. The molecule has 2 N–H and O–H groups in total. The highest BCUT2D eigenvalue weighted by molar-refractivity contribution is 5.84. The first-order valence-corrected chi connectivity index (χ1v) is 5.87. The zero-order chi connectivity index (χ0) is 14.2. The van der Waals surface area contributed by atoms with Gasteiger partial charge in [-0.05, 0) is 26.0 Å². The summed E-state index contributed by atoms with van der Waals surface area (Å²) < 4.78 is 40.0. The highest BCUT2D eigenvalue weighted by atomic mass is 19.4. The molecule has 0 spiro atoms. The molecule has 0 unspecified atom stereocenters. The Morgan fingerprint density at radius 2 is 2.00 bits per heavy atom. The van der Waals surface area contributed by atoms with Gasteiger partial charge in [0.25, 0.3) is 0 Å². The van der Waals surface area contributed by atoms with E-state index in [1.165, 1.54) is 6.07 Å². The van der Waals surface area contributed by atoms with E-state index in [0.29, 0.717) is 5.52 Å². The SMILES string of the molecule is CC(C)n1cc(CON)c2ccc(C(F)(F)F)cc21. The smallest absolute Gasteiger partial charge is 0.345 e. The maximum Gasteiger partial charge on any atom is 0.416 e. The van der Waals surface area contributed by atoms with Crippen molar-refractivity contribution in [2.24, 2.45) is 5.90 Å². The lowest BCUT2D eigenvalue weighted by atomic mass is 10.1. The molecule has 1 aromatic carbocycles. The van der Waals surface area contributed by atoms with Crippen LogP contribution in [0, 0.1) is 0 Å². The van der Waals surface area contributed by atoms with E-state index in [0.717, 1.165) is 23.1 Å². The van der Waals surface area contributed by atoms with Gasteiger partial charge in [0.1, 0.15) is 0 Å². The fourth-order valence-corrected chi connectivity index (χ4v) is 2.13. The van der Waals surface area contributed by atoms with Crippen LogP contribution in [0.3, 0.4) is 0 Å². The Morgan fingerprint density at radius 3 is 2.53 bits per heavy atom. The maximum absolute atomic E-state index is 12.7. The Hall–Kier alpha value is -1.53. The minimum atomic E-state index is -4.34. The number of halogens is 3. The molecule has 2 aromatic rings. The summed E-state index contributed by atoms with van der Waals surface area (Å²) >= 11 is 0. The second-order valence-electron chi connectivity index (χ2n) is 4.70. The topological polar surface area (TPSA) is 40.2 Å². The second-order valence-corrected chi connectivity index (χ2v) is 4.70. The van der Waals surface area contributed by atoms with Gasteiger partial charge in [0.2, 0.25) is 0 Å². The summed E-state index contributed by atoms with van der Waals surface area (Å²) in [6, 6.07) is 3.76. The van der Waals surface area contributed by atoms with Crippen molar-refractivity contribution in [3.05, 3.63) is 35.5 Å². The average Bonchev–Trinajstić information content (AvgIpc) is 2.67. The highest BCUT2D eigenvalue weighted by Crippen LogP contribution is 2.33. The number of rotatable bonds is 3. The Balaban J connectivity index is 2.66. The van der Waals surface area contributed by atoms with E-state index in [1.54, 1.807) is 10.8 Å². The predicted molar refractivity (Wildman–Crippen MR) is 66.3 cm³/mol. The summed E-state index contributed by atoms with van der Waals surface area (Å²) in [5, 5.41) is 0.729. The number of nitrogens with zero attached hydrogens (tertiary/aromatic N) is 1. The lowest BCUT2D eigenvalue weighted by molar-refractivity contribution is -0.137. The number of fused-ring (bicyclic) bond motifs is 1. The third-order valence-corrected chi connectivity index (χ3v) is 3.04. The van der Waals surface area contributed by atoms with Crippen LogP contribution in [0.1, 0.15) is 31.0 Å². The molecular weight excluding hydrogens is 257 g/mol. The largest absolute Gasteiger partial charge is 0.416 e. The van der Waals surface area contributed by atoms with E-state index in [9.17, 15) is 13.2 Å². The van der Waals surface area contributed by atoms with Crippen molar-refractivity contribution in [3.63, 3.8) is 0 Å². The van der Waals surface area contributed by atoms with E-state index in [1.807, 2.05) is 13.8 Å². The predicted octanol–water partition coefficient (Wildman–Crippen LogP) is 3.63. The molecule has 0 amide bonds. The molecule has 0 saturated carbocycles. The lowest BCUT2D eigenvalue weighted by Crippen LogP contribution is -2.05. The molecule has 0 fully saturated rings. The molecule has 0 aliphatic rings. The molecule has 19 heavy (non-hydrogen) atoms. The summed E-state index contributed by atoms with van der Waals surface area (Å²) in [6.45, 7) is 3.99. The number of nitrogens with two attached hydrogens (primary N) is 1. The quantitative estimate of drug-likeness (QED) is 0.867. The van der Waals surface area contributed by atoms with Gasteiger partial charge in [-0.2, -0.15) is 13.2 Å². The van der Waals surface area contributed by atoms with Crippen molar-refractivity contribution in [3.8, 4) is 0 Å². The Labute approximate surface area is 108 Å². The number of hydrogen-bond donors (Lipinski definition) is 1. The van der Waals surface area contributed by atoms with Crippen LogP contribution >= 0.6 is 0 Å². The van der Waals surface area contributed by atoms with Crippen molar-refractivity contribution >= 4 is 10.9 Å². The molecule has 0 saturated heterocycles. The summed E-state index contributed by atoms with van der Waals surface area (Å²) in [5.41, 5.74) is 0.664. The Morgan fingerprint density at radius 1 is 1.32 bits per heavy atom. The van der Waals surface area contributed by atoms with Crippen LogP contribution in [0.4, 0.5) is 13.2 Å². The lowest BCUT2D eigenvalue weighted by Gasteiger charge is -2.11. The van der Waals surface area contributed by atoms with Crippen molar-refractivity contribution in [1.82, 2.24) is 4.57 Å². The summed E-state index contributed by atoms with van der Waals surface area (Å²) in [7, 11) is 0. The molecule has 1 aromatic heterocycles. The minimum absolute atomic E-state index is 0.0532. The van der Waals surface area contributed by atoms with Crippen molar-refractivity contribution in [2.45, 2.75) is 32.7 Å². The number of alkyl halides is 3. The second kappa shape index (κ2) is 4.86. The van der Waals surface area contributed by atoms with Crippen molar-refractivity contribution < 1.29 is 18.0 Å². The number of hydrogen-bond acceptors (Lipinski definition) is 2. The number of benzene rings is 1. The standard InChI is InChI=1S/C13H15F3N2O/c1-8(2)18-6-9(7-19-17)11-4-3-10(5-12(11)18)13(14,15)16/h3-6,8H,7,17H2,1-2H3. The van der Waals surface area contributed by atoms with E-state index in [2.05, 4.69) is 4.84 Å². The van der Waals surface area contributed by atoms with Gasteiger partial charge in [-0.25, -0.2) is 5.90 Å². The first-order chi connectivity index (χ1) is 8.84. The third kappa shape index (κ3) is 2.59. The molecule has 1 heterocycles. The van der Waals surface area contributed by atoms with Gasteiger partial charge >= 0.3 is 6.18 Å². The third-order valence-electron chi connectivity index (χ3n) is 3.04. The van der Waals surface area contributed by atoms with Crippen LogP contribution in [-0.4, -0.2) is 4.57 Å². The van der Waals surface area contributed by atoms with Gasteiger partial charge in [0.05, 0.1) is 12.2 Å². The van der Waals surface area contributed by atoms with Crippen LogP contribution in [0.2, 0.25) is 0 Å². The molecule has 6 heteroatoms. The Kier molecular flexibility index (Phi) is 3.56. The summed E-state index contributed by atoms with van der Waals surface area (Å²) in [4.78, 5) is 4.59. The van der Waals surface area contributed by atoms with Crippen LogP contribution in [0.15, 0.2) is 24.4 Å². The van der Waals surface area contributed by atoms with E-state index < -0.39 is 11.7 Å². The normalized spacial score (nSPS) is 12.6. The van der Waals surface area contributed by atoms with Gasteiger partial charge in [-0.15, -0.1) is 0 Å². The zero-order valence-corrected chi connectivity index (χ0v) is 10.7. The van der Waals surface area contributed by atoms with E-state index in [-0.39, 0.29) is 12.6 Å².